The molecule has 0 heterocycles. The summed E-state index contributed by atoms with van der Waals surface area (Å²) in [5.74, 6) is 0. The average molecular weight is 308 g/mol. The minimum atomic E-state index is -0.451. The molecule has 0 spiro atoms. The normalized spacial score (nSPS) is 13.7. The van der Waals surface area contributed by atoms with Crippen molar-refractivity contribution in [1.82, 2.24) is 9.80 Å². The van der Waals surface area contributed by atoms with Crippen molar-refractivity contribution in [3.63, 3.8) is 0 Å². The van der Waals surface area contributed by atoms with Crippen LogP contribution in [0.1, 0.15) is 30.9 Å². The molecule has 1 aromatic rings. The minimum Gasteiger partial charge on any atom is -0.449 e. The van der Waals surface area contributed by atoms with Crippen molar-refractivity contribution < 1.29 is 14.6 Å². The lowest BCUT2D eigenvalue weighted by Gasteiger charge is -2.25. The van der Waals surface area contributed by atoms with Gasteiger partial charge in [-0.1, -0.05) is 30.3 Å². The van der Waals surface area contributed by atoms with Crippen LogP contribution in [0.3, 0.4) is 0 Å². The number of hydrogen-bond acceptors (Lipinski definition) is 4. The Morgan fingerprint density at radius 3 is 2.27 bits per heavy atom. The van der Waals surface area contributed by atoms with Crippen LogP contribution in [0, 0.1) is 0 Å². The van der Waals surface area contributed by atoms with E-state index < -0.39 is 6.10 Å². The number of aliphatic hydroxyl groups is 1. The number of ether oxygens (including phenoxy) is 1. The molecule has 1 aromatic carbocycles. The molecule has 0 fully saturated rings. The van der Waals surface area contributed by atoms with Crippen LogP contribution < -0.4 is 0 Å². The van der Waals surface area contributed by atoms with Crippen molar-refractivity contribution in [2.75, 3.05) is 34.8 Å². The molecule has 0 saturated heterocycles. The summed E-state index contributed by atoms with van der Waals surface area (Å²) in [4.78, 5) is 14.9. The number of amides is 1. The molecular formula is C17H28N2O3. The van der Waals surface area contributed by atoms with Gasteiger partial charge < -0.3 is 19.6 Å². The first kappa shape index (κ1) is 18.5. The van der Waals surface area contributed by atoms with Crippen LogP contribution in [0.15, 0.2) is 30.3 Å². The maximum atomic E-state index is 11.4. The Morgan fingerprint density at radius 1 is 1.09 bits per heavy atom. The predicted molar refractivity (Wildman–Crippen MR) is 87.8 cm³/mol. The number of benzene rings is 1. The van der Waals surface area contributed by atoms with Crippen LogP contribution in [0.4, 0.5) is 4.79 Å². The van der Waals surface area contributed by atoms with E-state index in [2.05, 4.69) is 4.90 Å². The SMILES string of the molecule is CN(C)C(=O)OCCC(CCC(O)c1ccccc1)N(C)C. The Kier molecular flexibility index (Phi) is 7.91. The molecule has 0 saturated carbocycles. The summed E-state index contributed by atoms with van der Waals surface area (Å²) in [6, 6.07) is 9.96. The lowest BCUT2D eigenvalue weighted by atomic mass is 10.00. The molecule has 124 valence electrons. The second kappa shape index (κ2) is 9.43. The van der Waals surface area contributed by atoms with Crippen molar-refractivity contribution in [3.8, 4) is 0 Å². The van der Waals surface area contributed by atoms with Crippen molar-refractivity contribution in [2.24, 2.45) is 0 Å². The highest BCUT2D eigenvalue weighted by molar-refractivity contribution is 5.66. The second-order valence-electron chi connectivity index (χ2n) is 5.92. The number of aliphatic hydroxyl groups excluding tert-OH is 1. The summed E-state index contributed by atoms with van der Waals surface area (Å²) < 4.78 is 5.17. The molecular weight excluding hydrogens is 280 g/mol. The number of hydrogen-bond donors (Lipinski definition) is 1. The standard InChI is InChI=1S/C17H28N2O3/c1-18(2)15(12-13-22-17(21)19(3)4)10-11-16(20)14-8-6-5-7-9-14/h5-9,15-16,20H,10-13H2,1-4H3. The first-order chi connectivity index (χ1) is 10.4. The molecule has 1 amide bonds. The minimum absolute atomic E-state index is 0.272. The third kappa shape index (κ3) is 6.45. The predicted octanol–water partition coefficient (Wildman–Crippen LogP) is 2.52. The van der Waals surface area contributed by atoms with Crippen LogP contribution in [0.2, 0.25) is 0 Å². The smallest absolute Gasteiger partial charge is 0.409 e. The zero-order valence-corrected chi connectivity index (χ0v) is 14.0. The quantitative estimate of drug-likeness (QED) is 0.802. The van der Waals surface area contributed by atoms with E-state index in [-0.39, 0.29) is 12.1 Å². The molecule has 2 unspecified atom stereocenters. The number of rotatable bonds is 8. The third-order valence-corrected chi connectivity index (χ3v) is 3.73. The fourth-order valence-electron chi connectivity index (χ4n) is 2.26. The van der Waals surface area contributed by atoms with Crippen LogP contribution in [-0.2, 0) is 4.74 Å². The van der Waals surface area contributed by atoms with Gasteiger partial charge in [-0.3, -0.25) is 0 Å². The van der Waals surface area contributed by atoms with E-state index >= 15 is 0 Å². The summed E-state index contributed by atoms with van der Waals surface area (Å²) in [5, 5.41) is 10.2. The fourth-order valence-corrected chi connectivity index (χ4v) is 2.26. The molecule has 0 aliphatic carbocycles. The first-order valence-electron chi connectivity index (χ1n) is 7.65. The van der Waals surface area contributed by atoms with Crippen molar-refractivity contribution in [2.45, 2.75) is 31.4 Å². The van der Waals surface area contributed by atoms with Gasteiger partial charge in [0.25, 0.3) is 0 Å². The van der Waals surface area contributed by atoms with Crippen LogP contribution in [-0.4, -0.2) is 61.8 Å². The van der Waals surface area contributed by atoms with Gasteiger partial charge in [0, 0.05) is 20.1 Å². The molecule has 5 heteroatoms. The lowest BCUT2D eigenvalue weighted by molar-refractivity contribution is 0.100. The molecule has 1 rings (SSSR count). The van der Waals surface area contributed by atoms with E-state index in [1.165, 1.54) is 4.90 Å². The van der Waals surface area contributed by atoms with E-state index in [1.807, 2.05) is 44.4 Å². The maximum Gasteiger partial charge on any atom is 0.409 e. The van der Waals surface area contributed by atoms with Gasteiger partial charge in [-0.25, -0.2) is 4.79 Å². The zero-order valence-electron chi connectivity index (χ0n) is 14.0. The van der Waals surface area contributed by atoms with Crippen molar-refractivity contribution >= 4 is 6.09 Å². The highest BCUT2D eigenvalue weighted by Gasteiger charge is 2.16. The average Bonchev–Trinajstić information content (AvgIpc) is 2.50. The molecule has 0 bridgehead atoms. The van der Waals surface area contributed by atoms with Crippen LogP contribution in [0.25, 0.3) is 0 Å². The molecule has 2 atom stereocenters. The van der Waals surface area contributed by atoms with Gasteiger partial charge in [0.2, 0.25) is 0 Å². The molecule has 0 radical (unpaired) electrons. The molecule has 0 aliphatic rings. The van der Waals surface area contributed by atoms with Gasteiger partial charge in [-0.05, 0) is 38.9 Å². The Labute approximate surface area is 133 Å². The molecule has 0 aliphatic heterocycles. The summed E-state index contributed by atoms with van der Waals surface area (Å²) in [6.45, 7) is 0.390. The highest BCUT2D eigenvalue weighted by Crippen LogP contribution is 2.20. The first-order valence-corrected chi connectivity index (χ1v) is 7.65. The Bertz CT molecular complexity index is 435. The van der Waals surface area contributed by atoms with E-state index in [1.54, 1.807) is 14.1 Å². The lowest BCUT2D eigenvalue weighted by Crippen LogP contribution is -2.31. The maximum absolute atomic E-state index is 11.4. The fraction of sp³-hybridized carbons (Fsp3) is 0.588. The summed E-state index contributed by atoms with van der Waals surface area (Å²) in [7, 11) is 7.35. The van der Waals surface area contributed by atoms with Gasteiger partial charge in [0.1, 0.15) is 0 Å². The number of carbonyl (C=O) groups is 1. The monoisotopic (exact) mass is 308 g/mol. The Morgan fingerprint density at radius 2 is 1.73 bits per heavy atom. The molecule has 22 heavy (non-hydrogen) atoms. The Balaban J connectivity index is 2.39. The third-order valence-electron chi connectivity index (χ3n) is 3.73. The van der Waals surface area contributed by atoms with E-state index in [0.717, 1.165) is 18.4 Å². The van der Waals surface area contributed by atoms with Gasteiger partial charge in [0.15, 0.2) is 0 Å². The second-order valence-corrected chi connectivity index (χ2v) is 5.92. The van der Waals surface area contributed by atoms with Gasteiger partial charge in [0.05, 0.1) is 12.7 Å². The van der Waals surface area contributed by atoms with Gasteiger partial charge in [-0.15, -0.1) is 0 Å². The summed E-state index contributed by atoms with van der Waals surface area (Å²) >= 11 is 0. The van der Waals surface area contributed by atoms with E-state index in [4.69, 9.17) is 4.74 Å². The van der Waals surface area contributed by atoms with Gasteiger partial charge in [-0.2, -0.15) is 0 Å². The molecule has 5 nitrogen and oxygen atoms in total. The zero-order chi connectivity index (χ0) is 16.5. The van der Waals surface area contributed by atoms with Crippen LogP contribution >= 0.6 is 0 Å². The van der Waals surface area contributed by atoms with Crippen molar-refractivity contribution in [1.29, 1.82) is 0 Å². The number of carbonyl (C=O) groups excluding carboxylic acids is 1. The van der Waals surface area contributed by atoms with E-state index in [0.29, 0.717) is 13.0 Å². The largest absolute Gasteiger partial charge is 0.449 e. The van der Waals surface area contributed by atoms with Gasteiger partial charge >= 0.3 is 6.09 Å². The summed E-state index contributed by atoms with van der Waals surface area (Å²) in [6.07, 6.45) is 1.53. The van der Waals surface area contributed by atoms with Crippen LogP contribution in [0.5, 0.6) is 0 Å². The van der Waals surface area contributed by atoms with E-state index in [9.17, 15) is 9.90 Å². The molecule has 0 aromatic heterocycles. The Hall–Kier alpha value is -1.59. The van der Waals surface area contributed by atoms with Crippen molar-refractivity contribution in [3.05, 3.63) is 35.9 Å². The molecule has 1 N–H and O–H groups in total. The highest BCUT2D eigenvalue weighted by atomic mass is 16.6. The number of nitrogens with zero attached hydrogens (tertiary/aromatic N) is 2. The topological polar surface area (TPSA) is 53.0 Å². The summed E-state index contributed by atoms with van der Waals surface area (Å²) in [5.41, 5.74) is 0.944.